The van der Waals surface area contributed by atoms with Crippen LogP contribution in [-0.4, -0.2) is 41.5 Å². The van der Waals surface area contributed by atoms with E-state index in [4.69, 9.17) is 0 Å². The number of carbonyl (C=O) groups is 1. The highest BCUT2D eigenvalue weighted by atomic mass is 16.2. The van der Waals surface area contributed by atoms with E-state index in [0.717, 1.165) is 38.4 Å². The average molecular weight is 275 g/mol. The van der Waals surface area contributed by atoms with Gasteiger partial charge in [0, 0.05) is 31.4 Å². The van der Waals surface area contributed by atoms with Crippen LogP contribution in [0.4, 0.5) is 0 Å². The highest BCUT2D eigenvalue weighted by Gasteiger charge is 2.26. The molecule has 108 valence electrons. The molecule has 1 aliphatic heterocycles. The van der Waals surface area contributed by atoms with Crippen molar-refractivity contribution in [3.05, 3.63) is 34.2 Å². The molecule has 0 atom stereocenters. The van der Waals surface area contributed by atoms with Gasteiger partial charge in [-0.1, -0.05) is 0 Å². The van der Waals surface area contributed by atoms with E-state index in [1.807, 2.05) is 4.90 Å². The Morgan fingerprint density at radius 3 is 2.60 bits per heavy atom. The van der Waals surface area contributed by atoms with E-state index in [1.165, 1.54) is 25.1 Å². The first kappa shape index (κ1) is 13.4. The van der Waals surface area contributed by atoms with Gasteiger partial charge in [-0.2, -0.15) is 0 Å². The van der Waals surface area contributed by atoms with Crippen molar-refractivity contribution in [3.63, 3.8) is 0 Å². The van der Waals surface area contributed by atoms with Gasteiger partial charge in [0.25, 0.3) is 5.91 Å². The summed E-state index contributed by atoms with van der Waals surface area (Å²) >= 11 is 0. The number of pyridine rings is 1. The Hall–Kier alpha value is -1.62. The van der Waals surface area contributed by atoms with Crippen molar-refractivity contribution < 1.29 is 4.79 Å². The average Bonchev–Trinajstić information content (AvgIpc) is 3.30. The van der Waals surface area contributed by atoms with E-state index >= 15 is 0 Å². The molecule has 1 aliphatic carbocycles. The van der Waals surface area contributed by atoms with Gasteiger partial charge in [0.1, 0.15) is 0 Å². The van der Waals surface area contributed by atoms with Crippen LogP contribution in [0.15, 0.2) is 23.1 Å². The van der Waals surface area contributed by atoms with Crippen molar-refractivity contribution in [2.45, 2.75) is 31.7 Å². The van der Waals surface area contributed by atoms with Crippen LogP contribution >= 0.6 is 0 Å². The Labute approximate surface area is 118 Å². The Morgan fingerprint density at radius 1 is 1.25 bits per heavy atom. The van der Waals surface area contributed by atoms with Crippen LogP contribution in [0.25, 0.3) is 0 Å². The van der Waals surface area contributed by atoms with E-state index < -0.39 is 0 Å². The highest BCUT2D eigenvalue weighted by Crippen LogP contribution is 2.28. The second-order valence-electron chi connectivity index (χ2n) is 5.86. The van der Waals surface area contributed by atoms with E-state index in [0.29, 0.717) is 11.6 Å². The number of likely N-dealkylation sites (tertiary alicyclic amines) is 1. The van der Waals surface area contributed by atoms with Crippen LogP contribution in [0, 0.1) is 5.92 Å². The van der Waals surface area contributed by atoms with Crippen LogP contribution in [0.2, 0.25) is 0 Å². The second-order valence-corrected chi connectivity index (χ2v) is 5.86. The lowest BCUT2D eigenvalue weighted by Crippen LogP contribution is -2.45. The molecule has 5 heteroatoms. The van der Waals surface area contributed by atoms with Crippen molar-refractivity contribution in [1.82, 2.24) is 15.2 Å². The van der Waals surface area contributed by atoms with E-state index in [1.54, 1.807) is 6.07 Å². The minimum atomic E-state index is -0.176. The monoisotopic (exact) mass is 275 g/mol. The fourth-order valence-electron chi connectivity index (χ4n) is 2.67. The smallest absolute Gasteiger partial charge is 0.255 e. The molecule has 2 aliphatic rings. The molecule has 2 N–H and O–H groups in total. The van der Waals surface area contributed by atoms with Gasteiger partial charge in [-0.25, -0.2) is 0 Å². The molecule has 2 heterocycles. The summed E-state index contributed by atoms with van der Waals surface area (Å²) in [5.41, 5.74) is 0.388. The molecule has 1 amide bonds. The lowest BCUT2D eigenvalue weighted by atomic mass is 10.0. The topological polar surface area (TPSA) is 65.2 Å². The number of rotatable bonds is 4. The van der Waals surface area contributed by atoms with Crippen LogP contribution < -0.4 is 10.9 Å². The third kappa shape index (κ3) is 3.28. The van der Waals surface area contributed by atoms with E-state index in [-0.39, 0.29) is 11.5 Å². The Bertz CT molecular complexity index is 508. The highest BCUT2D eigenvalue weighted by molar-refractivity contribution is 5.93. The van der Waals surface area contributed by atoms with Crippen LogP contribution in [-0.2, 0) is 0 Å². The molecule has 1 aromatic rings. The number of H-pyrrole nitrogens is 1. The summed E-state index contributed by atoms with van der Waals surface area (Å²) in [7, 11) is 0. The van der Waals surface area contributed by atoms with Crippen molar-refractivity contribution in [2.75, 3.05) is 19.6 Å². The molecular weight excluding hydrogens is 254 g/mol. The standard InChI is InChI=1S/C15H21N3O2/c19-14-4-3-12(10-17-14)15(20)18-7-5-13(6-8-18)16-9-11-1-2-11/h3-4,10-11,13,16H,1-2,5-9H2,(H,17,19). The van der Waals surface area contributed by atoms with Crippen molar-refractivity contribution in [3.8, 4) is 0 Å². The number of aromatic amines is 1. The van der Waals surface area contributed by atoms with Crippen LogP contribution in [0.5, 0.6) is 0 Å². The van der Waals surface area contributed by atoms with Gasteiger partial charge >= 0.3 is 0 Å². The van der Waals surface area contributed by atoms with Crippen LogP contribution in [0.3, 0.4) is 0 Å². The van der Waals surface area contributed by atoms with Crippen molar-refractivity contribution >= 4 is 5.91 Å². The fourth-order valence-corrected chi connectivity index (χ4v) is 2.67. The minimum absolute atomic E-state index is 0.0156. The van der Waals surface area contributed by atoms with Gasteiger partial charge < -0.3 is 15.2 Å². The number of hydrogen-bond donors (Lipinski definition) is 2. The number of nitrogens with zero attached hydrogens (tertiary/aromatic N) is 1. The largest absolute Gasteiger partial charge is 0.338 e. The molecule has 20 heavy (non-hydrogen) atoms. The van der Waals surface area contributed by atoms with E-state index in [2.05, 4.69) is 10.3 Å². The first-order valence-electron chi connectivity index (χ1n) is 7.44. The molecule has 0 spiro atoms. The lowest BCUT2D eigenvalue weighted by Gasteiger charge is -2.32. The maximum absolute atomic E-state index is 12.3. The maximum Gasteiger partial charge on any atom is 0.255 e. The number of nitrogens with one attached hydrogen (secondary N) is 2. The summed E-state index contributed by atoms with van der Waals surface area (Å²) in [6.07, 6.45) is 6.28. The summed E-state index contributed by atoms with van der Waals surface area (Å²) in [5.74, 6) is 0.915. The van der Waals surface area contributed by atoms with Crippen molar-refractivity contribution in [1.29, 1.82) is 0 Å². The van der Waals surface area contributed by atoms with Gasteiger partial charge in [0.15, 0.2) is 0 Å². The molecule has 0 aromatic carbocycles. The predicted octanol–water partition coefficient (Wildman–Crippen LogP) is 0.979. The van der Waals surface area contributed by atoms with Crippen molar-refractivity contribution in [2.24, 2.45) is 5.92 Å². The molecule has 1 saturated carbocycles. The van der Waals surface area contributed by atoms with Gasteiger partial charge in [-0.05, 0) is 44.2 Å². The van der Waals surface area contributed by atoms with E-state index in [9.17, 15) is 9.59 Å². The maximum atomic E-state index is 12.3. The Kier molecular flexibility index (Phi) is 3.87. The Morgan fingerprint density at radius 2 is 2.00 bits per heavy atom. The summed E-state index contributed by atoms with van der Waals surface area (Å²) < 4.78 is 0. The molecule has 2 fully saturated rings. The van der Waals surface area contributed by atoms with Gasteiger partial charge in [0.2, 0.25) is 5.56 Å². The normalized spacial score (nSPS) is 20.1. The zero-order valence-corrected chi connectivity index (χ0v) is 11.6. The van der Waals surface area contributed by atoms with Gasteiger partial charge in [-0.15, -0.1) is 0 Å². The SMILES string of the molecule is O=C(c1ccc(=O)[nH]c1)N1CCC(NCC2CC2)CC1. The summed E-state index contributed by atoms with van der Waals surface area (Å²) in [6, 6.07) is 3.55. The Balaban J connectivity index is 1.50. The fraction of sp³-hybridized carbons (Fsp3) is 0.600. The number of aromatic nitrogens is 1. The second kappa shape index (κ2) is 5.79. The molecule has 1 saturated heterocycles. The predicted molar refractivity (Wildman–Crippen MR) is 76.7 cm³/mol. The van der Waals surface area contributed by atoms with Gasteiger partial charge in [-0.3, -0.25) is 9.59 Å². The first-order valence-corrected chi connectivity index (χ1v) is 7.44. The number of carbonyl (C=O) groups excluding carboxylic acids is 1. The molecule has 0 radical (unpaired) electrons. The quantitative estimate of drug-likeness (QED) is 0.861. The first-order chi connectivity index (χ1) is 9.72. The molecule has 3 rings (SSSR count). The number of amides is 1. The zero-order valence-electron chi connectivity index (χ0n) is 11.6. The molecule has 1 aromatic heterocycles. The third-order valence-corrected chi connectivity index (χ3v) is 4.21. The molecule has 0 bridgehead atoms. The lowest BCUT2D eigenvalue weighted by molar-refractivity contribution is 0.0704. The molecule has 5 nitrogen and oxygen atoms in total. The molecular formula is C15H21N3O2. The van der Waals surface area contributed by atoms with Crippen LogP contribution in [0.1, 0.15) is 36.0 Å². The van der Waals surface area contributed by atoms with Gasteiger partial charge in [0.05, 0.1) is 5.56 Å². The summed E-state index contributed by atoms with van der Waals surface area (Å²) in [5, 5.41) is 3.60. The number of hydrogen-bond acceptors (Lipinski definition) is 3. The third-order valence-electron chi connectivity index (χ3n) is 4.21. The number of piperidine rings is 1. The summed E-state index contributed by atoms with van der Waals surface area (Å²) in [4.78, 5) is 27.7. The summed E-state index contributed by atoms with van der Waals surface area (Å²) in [6.45, 7) is 2.72. The minimum Gasteiger partial charge on any atom is -0.338 e. The zero-order chi connectivity index (χ0) is 13.9. The molecule has 0 unspecified atom stereocenters.